The standard InChI is InChI=1S/C12H7F4NO/c13-9-4-2-1-3-7(9)8-5-6-10(18)17-11(8)12(14,15)16/h1-6H,(H,17,18). The van der Waals surface area contributed by atoms with E-state index in [0.717, 1.165) is 18.2 Å². The maximum atomic E-state index is 13.5. The van der Waals surface area contributed by atoms with Crippen molar-refractivity contribution in [3.8, 4) is 11.1 Å². The number of alkyl halides is 3. The van der Waals surface area contributed by atoms with Gasteiger partial charge in [-0.3, -0.25) is 4.79 Å². The van der Waals surface area contributed by atoms with Gasteiger partial charge in [-0.25, -0.2) is 4.39 Å². The first-order chi connectivity index (χ1) is 8.39. The van der Waals surface area contributed by atoms with E-state index in [4.69, 9.17) is 0 Å². The highest BCUT2D eigenvalue weighted by Crippen LogP contribution is 2.35. The normalized spacial score (nSPS) is 11.6. The van der Waals surface area contributed by atoms with Crippen molar-refractivity contribution in [2.24, 2.45) is 0 Å². The Balaban J connectivity index is 2.73. The number of aromatic amines is 1. The maximum Gasteiger partial charge on any atom is 0.431 e. The molecule has 0 aliphatic rings. The van der Waals surface area contributed by atoms with Crippen LogP contribution in [0, 0.1) is 5.82 Å². The van der Waals surface area contributed by atoms with Gasteiger partial charge >= 0.3 is 6.18 Å². The van der Waals surface area contributed by atoms with Gasteiger partial charge in [0.25, 0.3) is 0 Å². The van der Waals surface area contributed by atoms with Crippen LogP contribution in [0.1, 0.15) is 5.69 Å². The van der Waals surface area contributed by atoms with Crippen molar-refractivity contribution in [1.82, 2.24) is 4.98 Å². The highest BCUT2D eigenvalue weighted by atomic mass is 19.4. The average Bonchev–Trinajstić information content (AvgIpc) is 2.29. The highest BCUT2D eigenvalue weighted by Gasteiger charge is 2.35. The van der Waals surface area contributed by atoms with Gasteiger partial charge in [-0.05, 0) is 12.1 Å². The maximum absolute atomic E-state index is 13.5. The molecule has 2 aromatic rings. The van der Waals surface area contributed by atoms with Crippen LogP contribution in [0.4, 0.5) is 17.6 Å². The Morgan fingerprint density at radius 1 is 0.944 bits per heavy atom. The van der Waals surface area contributed by atoms with Crippen molar-refractivity contribution in [3.63, 3.8) is 0 Å². The number of hydrogen-bond acceptors (Lipinski definition) is 1. The zero-order valence-corrected chi connectivity index (χ0v) is 8.88. The van der Waals surface area contributed by atoms with E-state index < -0.39 is 23.2 Å². The van der Waals surface area contributed by atoms with E-state index in [-0.39, 0.29) is 11.1 Å². The van der Waals surface area contributed by atoms with Crippen LogP contribution in [0.15, 0.2) is 41.2 Å². The van der Waals surface area contributed by atoms with E-state index >= 15 is 0 Å². The summed E-state index contributed by atoms with van der Waals surface area (Å²) < 4.78 is 51.7. The summed E-state index contributed by atoms with van der Waals surface area (Å²) in [5, 5.41) is 0. The molecule has 18 heavy (non-hydrogen) atoms. The van der Waals surface area contributed by atoms with E-state index in [2.05, 4.69) is 0 Å². The van der Waals surface area contributed by atoms with E-state index in [1.807, 2.05) is 0 Å². The first-order valence-electron chi connectivity index (χ1n) is 4.95. The van der Waals surface area contributed by atoms with Crippen molar-refractivity contribution in [2.75, 3.05) is 0 Å². The van der Waals surface area contributed by atoms with Gasteiger partial charge in [-0.2, -0.15) is 13.2 Å². The molecule has 0 saturated heterocycles. The number of pyridine rings is 1. The Morgan fingerprint density at radius 2 is 1.61 bits per heavy atom. The Bertz CT molecular complexity index is 630. The quantitative estimate of drug-likeness (QED) is 0.782. The Labute approximate surface area is 98.9 Å². The number of benzene rings is 1. The van der Waals surface area contributed by atoms with Crippen molar-refractivity contribution in [3.05, 3.63) is 58.3 Å². The van der Waals surface area contributed by atoms with Crippen LogP contribution < -0.4 is 5.56 Å². The minimum atomic E-state index is -4.75. The fourth-order valence-electron chi connectivity index (χ4n) is 1.60. The second-order valence-electron chi connectivity index (χ2n) is 3.59. The Morgan fingerprint density at radius 3 is 2.22 bits per heavy atom. The number of nitrogens with one attached hydrogen (secondary N) is 1. The van der Waals surface area contributed by atoms with Crippen molar-refractivity contribution in [2.45, 2.75) is 6.18 Å². The average molecular weight is 257 g/mol. The highest BCUT2D eigenvalue weighted by molar-refractivity contribution is 5.66. The molecule has 2 nitrogen and oxygen atoms in total. The van der Waals surface area contributed by atoms with Crippen molar-refractivity contribution < 1.29 is 17.6 Å². The summed E-state index contributed by atoms with van der Waals surface area (Å²) in [6, 6.07) is 6.96. The first-order valence-corrected chi connectivity index (χ1v) is 4.95. The smallest absolute Gasteiger partial charge is 0.318 e. The van der Waals surface area contributed by atoms with Gasteiger partial charge in [-0.15, -0.1) is 0 Å². The molecule has 1 heterocycles. The fraction of sp³-hybridized carbons (Fsp3) is 0.0833. The van der Waals surface area contributed by atoms with Gasteiger partial charge in [-0.1, -0.05) is 18.2 Å². The van der Waals surface area contributed by atoms with Crippen LogP contribution in [0.2, 0.25) is 0 Å². The molecule has 0 bridgehead atoms. The molecule has 0 saturated carbocycles. The van der Waals surface area contributed by atoms with Gasteiger partial charge in [0, 0.05) is 17.2 Å². The predicted octanol–water partition coefficient (Wildman–Crippen LogP) is 3.20. The summed E-state index contributed by atoms with van der Waals surface area (Å²) in [4.78, 5) is 12.7. The lowest BCUT2D eigenvalue weighted by molar-refractivity contribution is -0.140. The summed E-state index contributed by atoms with van der Waals surface area (Å²) in [5.74, 6) is -0.782. The number of hydrogen-bond donors (Lipinski definition) is 1. The van der Waals surface area contributed by atoms with E-state index in [1.54, 1.807) is 4.98 Å². The third-order valence-electron chi connectivity index (χ3n) is 2.37. The number of rotatable bonds is 1. The largest absolute Gasteiger partial charge is 0.431 e. The molecule has 0 spiro atoms. The number of aromatic nitrogens is 1. The second kappa shape index (κ2) is 4.29. The van der Waals surface area contributed by atoms with Gasteiger partial charge in [0.05, 0.1) is 0 Å². The molecular weight excluding hydrogens is 250 g/mol. The Hall–Kier alpha value is -2.11. The number of halogens is 4. The molecule has 0 aliphatic carbocycles. The summed E-state index contributed by atoms with van der Waals surface area (Å²) in [5.41, 5.74) is -2.73. The molecule has 0 radical (unpaired) electrons. The topological polar surface area (TPSA) is 32.9 Å². The SMILES string of the molecule is O=c1ccc(-c2ccccc2F)c(C(F)(F)F)[nH]1. The lowest BCUT2D eigenvalue weighted by Crippen LogP contribution is -2.17. The van der Waals surface area contributed by atoms with Gasteiger partial charge in [0.15, 0.2) is 0 Å². The van der Waals surface area contributed by atoms with Gasteiger partial charge in [0.1, 0.15) is 11.5 Å². The molecule has 1 aromatic carbocycles. The van der Waals surface area contributed by atoms with Crippen molar-refractivity contribution in [1.29, 1.82) is 0 Å². The third kappa shape index (κ3) is 2.27. The summed E-state index contributed by atoms with van der Waals surface area (Å²) in [6.07, 6.45) is -4.75. The molecule has 0 aliphatic heterocycles. The minimum absolute atomic E-state index is 0.207. The molecule has 2 rings (SSSR count). The van der Waals surface area contributed by atoms with E-state index in [9.17, 15) is 22.4 Å². The van der Waals surface area contributed by atoms with Crippen LogP contribution in [0.25, 0.3) is 11.1 Å². The van der Waals surface area contributed by atoms with Crippen LogP contribution in [-0.4, -0.2) is 4.98 Å². The van der Waals surface area contributed by atoms with Crippen LogP contribution in [-0.2, 0) is 6.18 Å². The van der Waals surface area contributed by atoms with Crippen molar-refractivity contribution >= 4 is 0 Å². The van der Waals surface area contributed by atoms with E-state index in [1.165, 1.54) is 18.2 Å². The molecule has 94 valence electrons. The zero-order valence-electron chi connectivity index (χ0n) is 8.88. The molecule has 6 heteroatoms. The monoisotopic (exact) mass is 257 g/mol. The van der Waals surface area contributed by atoms with Crippen LogP contribution in [0.5, 0.6) is 0 Å². The van der Waals surface area contributed by atoms with Crippen LogP contribution >= 0.6 is 0 Å². The summed E-state index contributed by atoms with van der Waals surface area (Å²) in [6.45, 7) is 0. The number of H-pyrrole nitrogens is 1. The summed E-state index contributed by atoms with van der Waals surface area (Å²) >= 11 is 0. The van der Waals surface area contributed by atoms with Gasteiger partial charge < -0.3 is 4.98 Å². The third-order valence-corrected chi connectivity index (χ3v) is 2.37. The predicted molar refractivity (Wildman–Crippen MR) is 57.5 cm³/mol. The molecule has 0 amide bonds. The first kappa shape index (κ1) is 12.3. The van der Waals surface area contributed by atoms with Crippen LogP contribution in [0.3, 0.4) is 0 Å². The molecule has 0 fully saturated rings. The molecular formula is C12H7F4NO. The molecule has 0 atom stereocenters. The zero-order chi connectivity index (χ0) is 13.3. The molecule has 1 aromatic heterocycles. The Kier molecular flexibility index (Phi) is 2.94. The lowest BCUT2D eigenvalue weighted by Gasteiger charge is -2.12. The minimum Gasteiger partial charge on any atom is -0.318 e. The van der Waals surface area contributed by atoms with Gasteiger partial charge in [0.2, 0.25) is 5.56 Å². The molecule has 0 unspecified atom stereocenters. The molecule has 1 N–H and O–H groups in total. The van der Waals surface area contributed by atoms with E-state index in [0.29, 0.717) is 0 Å². The second-order valence-corrected chi connectivity index (χ2v) is 3.59. The lowest BCUT2D eigenvalue weighted by atomic mass is 10.0. The summed E-state index contributed by atoms with van der Waals surface area (Å²) in [7, 11) is 0. The fourth-order valence-corrected chi connectivity index (χ4v) is 1.60.